The Labute approximate surface area is 177 Å². The number of rotatable bonds is 6. The lowest BCUT2D eigenvalue weighted by Crippen LogP contribution is -2.38. The molecule has 30 heavy (non-hydrogen) atoms. The third-order valence-electron chi connectivity index (χ3n) is 5.17. The summed E-state index contributed by atoms with van der Waals surface area (Å²) in [6.07, 6.45) is -1.37. The third-order valence-corrected chi connectivity index (χ3v) is 5.50. The molecule has 1 aliphatic rings. The van der Waals surface area contributed by atoms with Gasteiger partial charge in [0.25, 0.3) is 5.91 Å². The van der Waals surface area contributed by atoms with E-state index in [-0.39, 0.29) is 16.6 Å². The fraction of sp³-hybridized carbons (Fsp3) is 0.550. The van der Waals surface area contributed by atoms with Crippen LogP contribution in [0.3, 0.4) is 0 Å². The van der Waals surface area contributed by atoms with Crippen LogP contribution in [-0.2, 0) is 12.7 Å². The largest absolute Gasteiger partial charge is 0.464 e. The van der Waals surface area contributed by atoms with Crippen LogP contribution >= 0.6 is 11.6 Å². The second-order valence-corrected chi connectivity index (χ2v) is 7.85. The maximum Gasteiger partial charge on any atom is 0.416 e. The molecule has 1 fully saturated rings. The summed E-state index contributed by atoms with van der Waals surface area (Å²) in [5, 5.41) is 7.20. The molecule has 1 saturated carbocycles. The van der Waals surface area contributed by atoms with Gasteiger partial charge in [-0.3, -0.25) is 4.79 Å². The first-order valence-corrected chi connectivity index (χ1v) is 10.3. The lowest BCUT2D eigenvalue weighted by molar-refractivity contribution is -0.137. The van der Waals surface area contributed by atoms with Gasteiger partial charge in [-0.2, -0.15) is 23.3 Å². The highest BCUT2D eigenvalue weighted by molar-refractivity contribution is 6.33. The number of benzene rings is 1. The molecule has 10 heteroatoms. The zero-order chi connectivity index (χ0) is 21.9. The summed E-state index contributed by atoms with van der Waals surface area (Å²) in [5.41, 5.74) is -1.05. The van der Waals surface area contributed by atoms with Crippen LogP contribution in [0.25, 0.3) is 0 Å². The summed E-state index contributed by atoms with van der Waals surface area (Å²) in [6.45, 7) is 4.88. The number of carbonyl (C=O) groups is 1. The molecule has 1 heterocycles. The minimum Gasteiger partial charge on any atom is -0.464 e. The van der Waals surface area contributed by atoms with Gasteiger partial charge in [-0.25, -0.2) is 4.68 Å². The Morgan fingerprint density at radius 2 is 2.00 bits per heavy atom. The van der Waals surface area contributed by atoms with Crippen molar-refractivity contribution in [1.82, 2.24) is 20.1 Å². The first-order valence-electron chi connectivity index (χ1n) is 9.89. The molecule has 1 aromatic carbocycles. The van der Waals surface area contributed by atoms with Gasteiger partial charge in [0, 0.05) is 12.6 Å². The predicted molar refractivity (Wildman–Crippen MR) is 106 cm³/mol. The Morgan fingerprint density at radius 1 is 1.30 bits per heavy atom. The topological polar surface area (TPSA) is 69.0 Å². The minimum absolute atomic E-state index is 0.000749. The first kappa shape index (κ1) is 22.4. The molecular formula is C20H24ClF3N4O2. The Balaban J connectivity index is 1.57. The molecule has 1 aromatic heterocycles. The van der Waals surface area contributed by atoms with Crippen molar-refractivity contribution in [2.24, 2.45) is 5.92 Å². The average Bonchev–Trinajstić information content (AvgIpc) is 3.02. The number of halogens is 4. The van der Waals surface area contributed by atoms with Gasteiger partial charge in [-0.15, -0.1) is 0 Å². The highest BCUT2D eigenvalue weighted by Crippen LogP contribution is 2.32. The fourth-order valence-electron chi connectivity index (χ4n) is 3.66. The number of alkyl halides is 3. The summed E-state index contributed by atoms with van der Waals surface area (Å²) in [5.74, 6) is 0.424. The molecular weight excluding hydrogens is 421 g/mol. The van der Waals surface area contributed by atoms with E-state index in [1.165, 1.54) is 0 Å². The van der Waals surface area contributed by atoms with Crippen LogP contribution in [0.15, 0.2) is 18.2 Å². The lowest BCUT2D eigenvalue weighted by atomic mass is 9.86. The van der Waals surface area contributed by atoms with Crippen LogP contribution in [0.2, 0.25) is 5.02 Å². The van der Waals surface area contributed by atoms with Crippen molar-refractivity contribution in [3.8, 4) is 6.01 Å². The zero-order valence-corrected chi connectivity index (χ0v) is 17.6. The Morgan fingerprint density at radius 3 is 2.63 bits per heavy atom. The molecule has 0 aliphatic heterocycles. The summed E-state index contributed by atoms with van der Waals surface area (Å²) < 4.78 is 46.1. The van der Waals surface area contributed by atoms with Crippen LogP contribution in [0.1, 0.15) is 54.4 Å². The van der Waals surface area contributed by atoms with Gasteiger partial charge >= 0.3 is 12.2 Å². The summed E-state index contributed by atoms with van der Waals surface area (Å²) in [7, 11) is 0. The van der Waals surface area contributed by atoms with Crippen LogP contribution in [0.4, 0.5) is 13.2 Å². The van der Waals surface area contributed by atoms with Crippen LogP contribution in [-0.4, -0.2) is 33.3 Å². The highest BCUT2D eigenvalue weighted by atomic mass is 35.5. The van der Waals surface area contributed by atoms with E-state index in [4.69, 9.17) is 16.3 Å². The normalized spacial score (nSPS) is 19.5. The van der Waals surface area contributed by atoms with Gasteiger partial charge in [-0.1, -0.05) is 11.6 Å². The van der Waals surface area contributed by atoms with Crippen molar-refractivity contribution in [1.29, 1.82) is 0 Å². The van der Waals surface area contributed by atoms with Crippen molar-refractivity contribution in [2.75, 3.05) is 6.61 Å². The van der Waals surface area contributed by atoms with E-state index < -0.39 is 17.6 Å². The summed E-state index contributed by atoms with van der Waals surface area (Å²) in [4.78, 5) is 16.8. The molecule has 0 unspecified atom stereocenters. The number of amides is 1. The molecule has 1 aliphatic carbocycles. The predicted octanol–water partition coefficient (Wildman–Crippen LogP) is 4.65. The zero-order valence-electron chi connectivity index (χ0n) is 16.8. The molecule has 0 spiro atoms. The van der Waals surface area contributed by atoms with Gasteiger partial charge in [0.05, 0.1) is 22.8 Å². The summed E-state index contributed by atoms with van der Waals surface area (Å²) >= 11 is 5.96. The SMILES string of the molecule is CCOc1nc(C)nn1C[C@H]1CC[C@H](NC(=O)c2cc(C(F)(F)F)ccc2Cl)CC1. The van der Waals surface area contributed by atoms with Crippen molar-refractivity contribution >= 4 is 17.5 Å². The molecule has 0 bridgehead atoms. The maximum atomic E-state index is 12.9. The minimum atomic E-state index is -4.53. The Hall–Kier alpha value is -2.29. The number of nitrogens with zero attached hydrogens (tertiary/aromatic N) is 3. The quantitative estimate of drug-likeness (QED) is 0.704. The Kier molecular flexibility index (Phi) is 6.90. The molecule has 164 valence electrons. The monoisotopic (exact) mass is 444 g/mol. The molecule has 1 N–H and O–H groups in total. The summed E-state index contributed by atoms with van der Waals surface area (Å²) in [6, 6.07) is 3.16. The second kappa shape index (κ2) is 9.24. The van der Waals surface area contributed by atoms with Gasteiger partial charge < -0.3 is 10.1 Å². The highest BCUT2D eigenvalue weighted by Gasteiger charge is 2.32. The van der Waals surface area contributed by atoms with Crippen molar-refractivity contribution in [3.05, 3.63) is 40.2 Å². The first-order chi connectivity index (χ1) is 14.2. The van der Waals surface area contributed by atoms with E-state index in [0.29, 0.717) is 30.9 Å². The lowest BCUT2D eigenvalue weighted by Gasteiger charge is -2.29. The van der Waals surface area contributed by atoms with E-state index in [2.05, 4.69) is 15.4 Å². The molecule has 3 rings (SSSR count). The van der Waals surface area contributed by atoms with E-state index in [1.54, 1.807) is 4.68 Å². The van der Waals surface area contributed by atoms with E-state index >= 15 is 0 Å². The number of carbonyl (C=O) groups excluding carboxylic acids is 1. The smallest absolute Gasteiger partial charge is 0.416 e. The molecule has 0 saturated heterocycles. The van der Waals surface area contributed by atoms with Gasteiger partial charge in [0.2, 0.25) is 0 Å². The van der Waals surface area contributed by atoms with Gasteiger partial charge in [0.15, 0.2) is 5.82 Å². The van der Waals surface area contributed by atoms with Crippen molar-refractivity contribution in [3.63, 3.8) is 0 Å². The molecule has 0 radical (unpaired) electrons. The third kappa shape index (κ3) is 5.44. The van der Waals surface area contributed by atoms with Crippen molar-refractivity contribution in [2.45, 2.75) is 58.3 Å². The van der Waals surface area contributed by atoms with Crippen LogP contribution in [0.5, 0.6) is 6.01 Å². The molecule has 2 aromatic rings. The maximum absolute atomic E-state index is 12.9. The number of nitrogens with one attached hydrogen (secondary N) is 1. The fourth-order valence-corrected chi connectivity index (χ4v) is 3.87. The molecule has 1 amide bonds. The Bertz CT molecular complexity index is 893. The van der Waals surface area contributed by atoms with Gasteiger partial charge in [0.1, 0.15) is 0 Å². The van der Waals surface area contributed by atoms with Crippen LogP contribution in [0, 0.1) is 12.8 Å². The molecule has 0 atom stereocenters. The molecule has 6 nitrogen and oxygen atoms in total. The average molecular weight is 445 g/mol. The number of aryl methyl sites for hydroxylation is 1. The van der Waals surface area contributed by atoms with Gasteiger partial charge in [-0.05, 0) is 63.6 Å². The number of ether oxygens (including phenoxy) is 1. The second-order valence-electron chi connectivity index (χ2n) is 7.44. The van der Waals surface area contributed by atoms with E-state index in [1.807, 2.05) is 13.8 Å². The van der Waals surface area contributed by atoms with Crippen LogP contribution < -0.4 is 10.1 Å². The standard InChI is InChI=1S/C20H24ClF3N4O2/c1-3-30-19-25-12(2)27-28(19)11-13-4-7-15(8-5-13)26-18(29)16-10-14(20(22,23)24)6-9-17(16)21/h6,9-10,13,15H,3-5,7-8,11H2,1-2H3,(H,26,29)/t13-,15-. The van der Waals surface area contributed by atoms with E-state index in [0.717, 1.165) is 43.9 Å². The number of hydrogen-bond donors (Lipinski definition) is 1. The number of hydrogen-bond acceptors (Lipinski definition) is 4. The van der Waals surface area contributed by atoms with E-state index in [9.17, 15) is 18.0 Å². The van der Waals surface area contributed by atoms with Crippen molar-refractivity contribution < 1.29 is 22.7 Å². The number of aromatic nitrogens is 3.